The van der Waals surface area contributed by atoms with E-state index < -0.39 is 5.91 Å². The first-order valence-electron chi connectivity index (χ1n) is 9.95. The second kappa shape index (κ2) is 9.18. The molecule has 2 unspecified atom stereocenters. The van der Waals surface area contributed by atoms with Crippen LogP contribution in [0.4, 0.5) is 5.69 Å². The molecule has 0 bridgehead atoms. The van der Waals surface area contributed by atoms with E-state index in [2.05, 4.69) is 17.5 Å². The second-order valence-electron chi connectivity index (χ2n) is 7.29. The van der Waals surface area contributed by atoms with Crippen molar-refractivity contribution in [1.29, 1.82) is 0 Å². The molecule has 8 heteroatoms. The van der Waals surface area contributed by atoms with Crippen LogP contribution in [0.25, 0.3) is 10.2 Å². The maximum atomic E-state index is 13.2. The van der Waals surface area contributed by atoms with E-state index in [1.807, 2.05) is 24.3 Å². The van der Waals surface area contributed by atoms with Gasteiger partial charge in [-0.2, -0.15) is 0 Å². The van der Waals surface area contributed by atoms with Crippen molar-refractivity contribution >= 4 is 39.1 Å². The normalized spacial score (nSPS) is 18.0. The van der Waals surface area contributed by atoms with Crippen LogP contribution in [-0.2, 0) is 9.59 Å². The highest BCUT2D eigenvalue weighted by molar-refractivity contribution is 7.18. The summed E-state index contributed by atoms with van der Waals surface area (Å²) < 4.78 is 11.8. The molecule has 0 saturated heterocycles. The van der Waals surface area contributed by atoms with Crippen molar-refractivity contribution in [1.82, 2.24) is 4.98 Å². The minimum absolute atomic E-state index is 0.0197. The van der Waals surface area contributed by atoms with Crippen LogP contribution in [0.5, 0.6) is 11.5 Å². The minimum Gasteiger partial charge on any atom is -0.493 e. The van der Waals surface area contributed by atoms with E-state index in [4.69, 9.17) is 20.2 Å². The molecule has 0 fully saturated rings. The zero-order chi connectivity index (χ0) is 21.8. The molecule has 1 aromatic heterocycles. The lowest BCUT2D eigenvalue weighted by molar-refractivity contribution is -0.121. The number of fused-ring (bicyclic) bond motifs is 1. The number of aromatic nitrogens is 1. The molecule has 1 heterocycles. The predicted octanol–water partition coefficient (Wildman–Crippen LogP) is 3.86. The Bertz CT molecular complexity index is 1110. The molecule has 31 heavy (non-hydrogen) atoms. The summed E-state index contributed by atoms with van der Waals surface area (Å²) in [6.07, 6.45) is 5.58. The Morgan fingerprint density at radius 1 is 1.16 bits per heavy atom. The van der Waals surface area contributed by atoms with Gasteiger partial charge in [0.15, 0.2) is 18.1 Å². The number of carbonyl (C=O) groups is 2. The van der Waals surface area contributed by atoms with Crippen molar-refractivity contribution < 1.29 is 19.1 Å². The number of hydrogen-bond donors (Lipinski definition) is 2. The third kappa shape index (κ3) is 4.69. The minimum atomic E-state index is -0.593. The number of primary amides is 1. The van der Waals surface area contributed by atoms with Crippen LogP contribution in [0.15, 0.2) is 54.6 Å². The highest BCUT2D eigenvalue weighted by atomic mass is 32.1. The third-order valence-corrected chi connectivity index (χ3v) is 6.37. The Morgan fingerprint density at radius 2 is 1.97 bits per heavy atom. The first-order valence-corrected chi connectivity index (χ1v) is 10.8. The molecule has 2 aromatic carbocycles. The number of rotatable bonds is 7. The van der Waals surface area contributed by atoms with Gasteiger partial charge in [-0.1, -0.05) is 24.3 Å². The van der Waals surface area contributed by atoms with E-state index in [0.717, 1.165) is 21.6 Å². The van der Waals surface area contributed by atoms with Gasteiger partial charge in [-0.25, -0.2) is 4.98 Å². The zero-order valence-electron chi connectivity index (χ0n) is 17.0. The number of benzene rings is 2. The number of nitrogens with one attached hydrogen (secondary N) is 1. The molecular weight excluding hydrogens is 414 g/mol. The van der Waals surface area contributed by atoms with Crippen LogP contribution in [0.2, 0.25) is 0 Å². The standard InChI is InChI=1S/C23H23N3O4S/c1-29-18-11-10-14(12-19(18)30-13-21(24)27)25-22(28)15-6-2-3-7-16(15)23-26-17-8-4-5-9-20(17)31-23/h2-5,8-12,15-16H,6-7,13H2,1H3,(H2,24,27)(H,25,28). The fourth-order valence-corrected chi connectivity index (χ4v) is 4.82. The first-order chi connectivity index (χ1) is 15.0. The molecule has 1 aliphatic carbocycles. The van der Waals surface area contributed by atoms with E-state index in [0.29, 0.717) is 23.6 Å². The maximum absolute atomic E-state index is 13.2. The van der Waals surface area contributed by atoms with Crippen molar-refractivity contribution in [3.8, 4) is 11.5 Å². The summed E-state index contributed by atoms with van der Waals surface area (Å²) in [5.74, 6) is -0.102. The van der Waals surface area contributed by atoms with Crippen molar-refractivity contribution in [3.63, 3.8) is 0 Å². The number of thiazole rings is 1. The van der Waals surface area contributed by atoms with Crippen LogP contribution in [0, 0.1) is 5.92 Å². The van der Waals surface area contributed by atoms with E-state index in [1.54, 1.807) is 29.5 Å². The van der Waals surface area contributed by atoms with Crippen LogP contribution >= 0.6 is 11.3 Å². The van der Waals surface area contributed by atoms with Crippen molar-refractivity contribution in [3.05, 3.63) is 59.6 Å². The maximum Gasteiger partial charge on any atom is 0.255 e. The Morgan fingerprint density at radius 3 is 2.74 bits per heavy atom. The lowest BCUT2D eigenvalue weighted by atomic mass is 9.82. The molecule has 2 atom stereocenters. The quantitative estimate of drug-likeness (QED) is 0.547. The van der Waals surface area contributed by atoms with Crippen LogP contribution in [0.1, 0.15) is 23.8 Å². The molecule has 3 N–H and O–H groups in total. The number of para-hydroxylation sites is 1. The van der Waals surface area contributed by atoms with Gasteiger partial charge in [0.25, 0.3) is 5.91 Å². The number of allylic oxidation sites excluding steroid dienone is 2. The number of hydrogen-bond acceptors (Lipinski definition) is 6. The number of ether oxygens (including phenoxy) is 2. The summed E-state index contributed by atoms with van der Waals surface area (Å²) in [5.41, 5.74) is 6.68. The smallest absolute Gasteiger partial charge is 0.255 e. The van der Waals surface area contributed by atoms with E-state index >= 15 is 0 Å². The van der Waals surface area contributed by atoms with Crippen molar-refractivity contribution in [2.75, 3.05) is 19.0 Å². The Labute approximate surface area is 183 Å². The SMILES string of the molecule is COc1ccc(NC(=O)C2CC=CCC2c2nc3ccccc3s2)cc1OCC(N)=O. The first kappa shape index (κ1) is 20.9. The number of methoxy groups -OCH3 is 1. The van der Waals surface area contributed by atoms with Crippen molar-refractivity contribution in [2.45, 2.75) is 18.8 Å². The van der Waals surface area contributed by atoms with Gasteiger partial charge in [0.05, 0.1) is 28.3 Å². The number of anilines is 1. The molecule has 7 nitrogen and oxygen atoms in total. The van der Waals surface area contributed by atoms with E-state index in [1.165, 1.54) is 7.11 Å². The van der Waals surface area contributed by atoms with Gasteiger partial charge in [-0.3, -0.25) is 9.59 Å². The largest absolute Gasteiger partial charge is 0.493 e. The predicted molar refractivity (Wildman–Crippen MR) is 121 cm³/mol. The second-order valence-corrected chi connectivity index (χ2v) is 8.35. The fourth-order valence-electron chi connectivity index (χ4n) is 3.68. The Kier molecular flexibility index (Phi) is 6.18. The number of nitrogens with zero attached hydrogens (tertiary/aromatic N) is 1. The molecule has 160 valence electrons. The summed E-state index contributed by atoms with van der Waals surface area (Å²) in [4.78, 5) is 29.0. The molecular formula is C23H23N3O4S. The van der Waals surface area contributed by atoms with Gasteiger partial charge < -0.3 is 20.5 Å². The zero-order valence-corrected chi connectivity index (χ0v) is 17.9. The molecule has 1 aliphatic rings. The van der Waals surface area contributed by atoms with Gasteiger partial charge in [-0.15, -0.1) is 11.3 Å². The molecule has 2 amide bonds. The topological polar surface area (TPSA) is 104 Å². The fraction of sp³-hybridized carbons (Fsp3) is 0.261. The summed E-state index contributed by atoms with van der Waals surface area (Å²) in [6.45, 7) is -0.277. The van der Waals surface area contributed by atoms with Gasteiger partial charge in [-0.05, 0) is 37.1 Å². The van der Waals surface area contributed by atoms with Gasteiger partial charge in [0, 0.05) is 17.7 Å². The van der Waals surface area contributed by atoms with Crippen LogP contribution in [0.3, 0.4) is 0 Å². The van der Waals surface area contributed by atoms with Gasteiger partial charge in [0.2, 0.25) is 5.91 Å². The van der Waals surface area contributed by atoms with Gasteiger partial charge in [0.1, 0.15) is 0 Å². The molecule has 3 aromatic rings. The summed E-state index contributed by atoms with van der Waals surface area (Å²) in [5, 5.41) is 3.95. The summed E-state index contributed by atoms with van der Waals surface area (Å²) in [7, 11) is 1.50. The molecule has 0 saturated carbocycles. The lowest BCUT2D eigenvalue weighted by Gasteiger charge is -2.26. The van der Waals surface area contributed by atoms with Crippen LogP contribution in [-0.4, -0.2) is 30.5 Å². The third-order valence-electron chi connectivity index (χ3n) is 5.20. The number of nitrogens with two attached hydrogens (primary N) is 1. The van der Waals surface area contributed by atoms with E-state index in [-0.39, 0.29) is 24.3 Å². The van der Waals surface area contributed by atoms with E-state index in [9.17, 15) is 9.59 Å². The lowest BCUT2D eigenvalue weighted by Crippen LogP contribution is -2.29. The molecule has 4 rings (SSSR count). The average Bonchev–Trinajstić information content (AvgIpc) is 3.22. The average molecular weight is 438 g/mol. The van der Waals surface area contributed by atoms with Crippen molar-refractivity contribution in [2.24, 2.45) is 11.7 Å². The monoisotopic (exact) mass is 437 g/mol. The number of carbonyl (C=O) groups excluding carboxylic acids is 2. The van der Waals surface area contributed by atoms with Crippen LogP contribution < -0.4 is 20.5 Å². The highest BCUT2D eigenvalue weighted by Gasteiger charge is 2.32. The molecule has 0 aliphatic heterocycles. The Hall–Kier alpha value is -3.39. The highest BCUT2D eigenvalue weighted by Crippen LogP contribution is 2.39. The molecule has 0 spiro atoms. The summed E-state index contributed by atoms with van der Waals surface area (Å²) in [6, 6.07) is 13.1. The number of amides is 2. The van der Waals surface area contributed by atoms with Gasteiger partial charge >= 0.3 is 0 Å². The summed E-state index contributed by atoms with van der Waals surface area (Å²) >= 11 is 1.64. The Balaban J connectivity index is 1.54. The molecule has 0 radical (unpaired) electrons.